The summed E-state index contributed by atoms with van der Waals surface area (Å²) >= 11 is 0. The third-order valence-corrected chi connectivity index (χ3v) is 3.22. The zero-order valence-electron chi connectivity index (χ0n) is 13.2. The van der Waals surface area contributed by atoms with Gasteiger partial charge in [0.05, 0.1) is 13.0 Å². The van der Waals surface area contributed by atoms with Gasteiger partial charge in [-0.05, 0) is 29.8 Å². The zero-order valence-corrected chi connectivity index (χ0v) is 13.2. The van der Waals surface area contributed by atoms with Crippen molar-refractivity contribution in [2.75, 3.05) is 31.4 Å². The number of hydrogen-bond acceptors (Lipinski definition) is 4. The molecule has 0 saturated carbocycles. The summed E-state index contributed by atoms with van der Waals surface area (Å²) in [6.07, 6.45) is 1.13. The van der Waals surface area contributed by atoms with Gasteiger partial charge in [-0.15, -0.1) is 0 Å². The summed E-state index contributed by atoms with van der Waals surface area (Å²) in [6.45, 7) is 1.24. The second kappa shape index (κ2) is 8.80. The predicted octanol–water partition coefficient (Wildman–Crippen LogP) is 2.87. The predicted molar refractivity (Wildman–Crippen MR) is 91.6 cm³/mol. The molecule has 0 aliphatic carbocycles. The van der Waals surface area contributed by atoms with Crippen LogP contribution in [0.2, 0.25) is 0 Å². The Balaban J connectivity index is 1.86. The highest BCUT2D eigenvalue weighted by molar-refractivity contribution is 5.92. The van der Waals surface area contributed by atoms with Crippen LogP contribution in [0.4, 0.5) is 11.4 Å². The number of benzene rings is 2. The van der Waals surface area contributed by atoms with Gasteiger partial charge in [0.15, 0.2) is 0 Å². The summed E-state index contributed by atoms with van der Waals surface area (Å²) in [5, 5.41) is 2.87. The molecule has 2 aromatic rings. The van der Waals surface area contributed by atoms with Crippen molar-refractivity contribution < 1.29 is 14.3 Å². The maximum Gasteiger partial charge on any atom is 0.228 e. The smallest absolute Gasteiger partial charge is 0.228 e. The minimum Gasteiger partial charge on any atom is -0.493 e. The maximum absolute atomic E-state index is 12.1. The van der Waals surface area contributed by atoms with Gasteiger partial charge in [0.25, 0.3) is 0 Å². The lowest BCUT2D eigenvalue weighted by Crippen LogP contribution is -2.14. The molecule has 0 spiro atoms. The van der Waals surface area contributed by atoms with E-state index in [1.807, 2.05) is 36.4 Å². The first-order valence-corrected chi connectivity index (χ1v) is 7.53. The molecule has 0 saturated heterocycles. The van der Waals surface area contributed by atoms with Crippen LogP contribution in [0, 0.1) is 0 Å². The number of amides is 1. The van der Waals surface area contributed by atoms with E-state index < -0.39 is 0 Å². The highest BCUT2D eigenvalue weighted by Crippen LogP contribution is 2.18. The van der Waals surface area contributed by atoms with Gasteiger partial charge in [-0.25, -0.2) is 0 Å². The first-order valence-electron chi connectivity index (χ1n) is 7.53. The van der Waals surface area contributed by atoms with Crippen molar-refractivity contribution in [3.05, 3.63) is 54.1 Å². The van der Waals surface area contributed by atoms with Crippen LogP contribution in [0.3, 0.4) is 0 Å². The van der Waals surface area contributed by atoms with Crippen LogP contribution in [0.5, 0.6) is 5.75 Å². The van der Waals surface area contributed by atoms with E-state index in [2.05, 4.69) is 5.32 Å². The highest BCUT2D eigenvalue weighted by Gasteiger charge is 2.05. The van der Waals surface area contributed by atoms with Crippen LogP contribution in [0.15, 0.2) is 48.5 Å². The Morgan fingerprint density at radius 2 is 1.91 bits per heavy atom. The standard InChI is InChI=1S/C18H22N2O3/c1-22-10-3-11-23-17-5-2-4-16(13-17)20-18(21)12-14-6-8-15(19)9-7-14/h2,4-9,13H,3,10-12,19H2,1H3,(H,20,21). The third kappa shape index (κ3) is 6.00. The van der Waals surface area contributed by atoms with Gasteiger partial charge in [-0.3, -0.25) is 4.79 Å². The fourth-order valence-electron chi connectivity index (χ4n) is 2.08. The lowest BCUT2D eigenvalue weighted by Gasteiger charge is -2.09. The molecule has 3 N–H and O–H groups in total. The van der Waals surface area contributed by atoms with E-state index in [9.17, 15) is 4.79 Å². The van der Waals surface area contributed by atoms with Gasteiger partial charge in [0.1, 0.15) is 5.75 Å². The average Bonchev–Trinajstić information content (AvgIpc) is 2.54. The molecular weight excluding hydrogens is 292 g/mol. The number of hydrogen-bond donors (Lipinski definition) is 2. The van der Waals surface area contributed by atoms with Crippen molar-refractivity contribution in [2.45, 2.75) is 12.8 Å². The number of methoxy groups -OCH3 is 1. The Hall–Kier alpha value is -2.53. The number of nitrogens with one attached hydrogen (secondary N) is 1. The average molecular weight is 314 g/mol. The Morgan fingerprint density at radius 3 is 2.65 bits per heavy atom. The molecule has 2 rings (SSSR count). The van der Waals surface area contributed by atoms with Crippen molar-refractivity contribution in [3.8, 4) is 5.75 Å². The SMILES string of the molecule is COCCCOc1cccc(NC(=O)Cc2ccc(N)cc2)c1. The molecule has 5 heteroatoms. The van der Waals surface area contributed by atoms with E-state index in [1.54, 1.807) is 19.2 Å². The monoisotopic (exact) mass is 314 g/mol. The summed E-state index contributed by atoms with van der Waals surface area (Å²) < 4.78 is 10.6. The Labute approximate surface area is 136 Å². The van der Waals surface area contributed by atoms with Gasteiger partial charge in [0, 0.05) is 37.6 Å². The summed E-state index contributed by atoms with van der Waals surface area (Å²) in [5.74, 6) is 0.651. The number of rotatable bonds is 8. The lowest BCUT2D eigenvalue weighted by molar-refractivity contribution is -0.115. The molecule has 0 radical (unpaired) electrons. The van der Waals surface area contributed by atoms with Crippen molar-refractivity contribution >= 4 is 17.3 Å². The number of nitrogen functional groups attached to an aromatic ring is 1. The van der Waals surface area contributed by atoms with Crippen LogP contribution in [0.25, 0.3) is 0 Å². The zero-order chi connectivity index (χ0) is 16.5. The Kier molecular flexibility index (Phi) is 6.44. The minimum absolute atomic E-state index is 0.0775. The molecule has 2 aromatic carbocycles. The number of anilines is 2. The normalized spacial score (nSPS) is 10.3. The first kappa shape index (κ1) is 16.8. The molecule has 0 atom stereocenters. The van der Waals surface area contributed by atoms with Crippen LogP contribution >= 0.6 is 0 Å². The molecular formula is C18H22N2O3. The van der Waals surface area contributed by atoms with Crippen LogP contribution in [-0.2, 0) is 16.0 Å². The summed E-state index contributed by atoms with van der Waals surface area (Å²) in [4.78, 5) is 12.1. The van der Waals surface area contributed by atoms with Crippen LogP contribution < -0.4 is 15.8 Å². The fraction of sp³-hybridized carbons (Fsp3) is 0.278. The lowest BCUT2D eigenvalue weighted by atomic mass is 10.1. The largest absolute Gasteiger partial charge is 0.493 e. The van der Waals surface area contributed by atoms with Crippen molar-refractivity contribution in [1.82, 2.24) is 0 Å². The summed E-state index contributed by atoms with van der Waals surface area (Å²) in [7, 11) is 1.66. The van der Waals surface area contributed by atoms with Gasteiger partial charge >= 0.3 is 0 Å². The fourth-order valence-corrected chi connectivity index (χ4v) is 2.08. The maximum atomic E-state index is 12.1. The number of nitrogens with two attached hydrogens (primary N) is 1. The Morgan fingerprint density at radius 1 is 1.13 bits per heavy atom. The van der Waals surface area contributed by atoms with Gasteiger partial charge in [-0.2, -0.15) is 0 Å². The van der Waals surface area contributed by atoms with E-state index in [1.165, 1.54) is 0 Å². The molecule has 122 valence electrons. The quantitative estimate of drug-likeness (QED) is 0.580. The number of carbonyl (C=O) groups excluding carboxylic acids is 1. The third-order valence-electron chi connectivity index (χ3n) is 3.22. The molecule has 1 amide bonds. The van der Waals surface area contributed by atoms with Gasteiger partial charge in [-0.1, -0.05) is 18.2 Å². The highest BCUT2D eigenvalue weighted by atomic mass is 16.5. The number of ether oxygens (including phenoxy) is 2. The van der Waals surface area contributed by atoms with Crippen LogP contribution in [-0.4, -0.2) is 26.2 Å². The van der Waals surface area contributed by atoms with E-state index in [0.29, 0.717) is 25.3 Å². The van der Waals surface area contributed by atoms with Gasteiger partial charge in [0.2, 0.25) is 5.91 Å². The Bertz CT molecular complexity index is 626. The molecule has 0 bridgehead atoms. The van der Waals surface area contributed by atoms with Crippen molar-refractivity contribution in [3.63, 3.8) is 0 Å². The number of carbonyl (C=O) groups is 1. The van der Waals surface area contributed by atoms with Crippen molar-refractivity contribution in [1.29, 1.82) is 0 Å². The second-order valence-electron chi connectivity index (χ2n) is 5.19. The minimum atomic E-state index is -0.0775. The van der Waals surface area contributed by atoms with E-state index in [-0.39, 0.29) is 5.91 Å². The summed E-state index contributed by atoms with van der Waals surface area (Å²) in [5.41, 5.74) is 7.96. The van der Waals surface area contributed by atoms with Crippen molar-refractivity contribution in [2.24, 2.45) is 0 Å². The van der Waals surface area contributed by atoms with E-state index in [0.717, 1.165) is 23.4 Å². The molecule has 23 heavy (non-hydrogen) atoms. The molecule has 5 nitrogen and oxygen atoms in total. The first-order chi connectivity index (χ1) is 11.2. The van der Waals surface area contributed by atoms with Crippen LogP contribution in [0.1, 0.15) is 12.0 Å². The second-order valence-corrected chi connectivity index (χ2v) is 5.19. The van der Waals surface area contributed by atoms with E-state index >= 15 is 0 Å². The summed E-state index contributed by atoms with van der Waals surface area (Å²) in [6, 6.07) is 14.6. The molecule has 0 aliphatic rings. The molecule has 0 fully saturated rings. The molecule has 0 unspecified atom stereocenters. The van der Waals surface area contributed by atoms with E-state index in [4.69, 9.17) is 15.2 Å². The molecule has 0 aliphatic heterocycles. The molecule has 0 aromatic heterocycles. The topological polar surface area (TPSA) is 73.6 Å². The molecule has 0 heterocycles. The van der Waals surface area contributed by atoms with Gasteiger partial charge < -0.3 is 20.5 Å².